The normalized spacial score (nSPS) is 33.1. The number of rotatable bonds is 2. The molecule has 2 atom stereocenters. The number of aliphatic hydroxyl groups is 1. The van der Waals surface area contributed by atoms with Crippen LogP contribution in [0.5, 0.6) is 0 Å². The maximum atomic E-state index is 10.4. The van der Waals surface area contributed by atoms with Gasteiger partial charge < -0.3 is 9.84 Å². The average molecular weight is 214 g/mol. The second kappa shape index (κ2) is 3.92. The predicted molar refractivity (Wildman–Crippen MR) is 53.2 cm³/mol. The Bertz CT molecular complexity index is 291. The SMILES string of the molecule is CC1COCCC1(O)Cc1cnsn1. The van der Waals surface area contributed by atoms with E-state index in [-0.39, 0.29) is 5.92 Å². The zero-order valence-corrected chi connectivity index (χ0v) is 8.96. The van der Waals surface area contributed by atoms with Crippen molar-refractivity contribution in [1.29, 1.82) is 0 Å². The number of aromatic nitrogens is 2. The topological polar surface area (TPSA) is 55.2 Å². The summed E-state index contributed by atoms with van der Waals surface area (Å²) in [5, 5.41) is 10.4. The molecule has 2 rings (SSSR count). The molecule has 1 aliphatic rings. The van der Waals surface area contributed by atoms with E-state index < -0.39 is 5.60 Å². The Kier molecular flexibility index (Phi) is 2.80. The molecule has 2 heterocycles. The first-order chi connectivity index (χ1) is 6.71. The lowest BCUT2D eigenvalue weighted by atomic mass is 9.81. The highest BCUT2D eigenvalue weighted by molar-refractivity contribution is 6.99. The summed E-state index contributed by atoms with van der Waals surface area (Å²) >= 11 is 1.19. The van der Waals surface area contributed by atoms with Crippen LogP contribution in [0.25, 0.3) is 0 Å². The summed E-state index contributed by atoms with van der Waals surface area (Å²) in [5.74, 6) is 0.165. The lowest BCUT2D eigenvalue weighted by Crippen LogP contribution is -2.45. The third-order valence-electron chi connectivity index (χ3n) is 2.86. The molecule has 2 unspecified atom stereocenters. The van der Waals surface area contributed by atoms with Crippen LogP contribution in [0.3, 0.4) is 0 Å². The molecule has 1 aliphatic heterocycles. The Morgan fingerprint density at radius 2 is 2.64 bits per heavy atom. The molecule has 14 heavy (non-hydrogen) atoms. The molecule has 0 saturated carbocycles. The molecule has 0 spiro atoms. The van der Waals surface area contributed by atoms with E-state index in [1.54, 1.807) is 6.20 Å². The van der Waals surface area contributed by atoms with Crippen molar-refractivity contribution in [3.05, 3.63) is 11.9 Å². The number of hydrogen-bond donors (Lipinski definition) is 1. The molecule has 0 aromatic carbocycles. The van der Waals surface area contributed by atoms with E-state index in [4.69, 9.17) is 4.74 Å². The van der Waals surface area contributed by atoms with Crippen LogP contribution in [-0.4, -0.2) is 32.7 Å². The molecular weight excluding hydrogens is 200 g/mol. The summed E-state index contributed by atoms with van der Waals surface area (Å²) in [6, 6.07) is 0. The minimum absolute atomic E-state index is 0.165. The van der Waals surface area contributed by atoms with Crippen molar-refractivity contribution in [1.82, 2.24) is 8.75 Å². The highest BCUT2D eigenvalue weighted by atomic mass is 32.1. The van der Waals surface area contributed by atoms with Crippen LogP contribution in [-0.2, 0) is 11.2 Å². The van der Waals surface area contributed by atoms with Crippen molar-refractivity contribution in [3.8, 4) is 0 Å². The van der Waals surface area contributed by atoms with Gasteiger partial charge in [0.1, 0.15) is 0 Å². The van der Waals surface area contributed by atoms with Gasteiger partial charge in [-0.2, -0.15) is 8.75 Å². The molecule has 1 saturated heterocycles. The molecule has 1 fully saturated rings. The van der Waals surface area contributed by atoms with Crippen LogP contribution >= 0.6 is 11.7 Å². The standard InChI is InChI=1S/C9H14N2O2S/c1-7-6-13-3-2-9(7,12)4-8-5-10-14-11-8/h5,7,12H,2-4,6H2,1H3. The molecule has 0 bridgehead atoms. The van der Waals surface area contributed by atoms with Crippen LogP contribution in [0.1, 0.15) is 19.0 Å². The molecule has 1 aromatic rings. The van der Waals surface area contributed by atoms with Crippen LogP contribution in [0.15, 0.2) is 6.20 Å². The van der Waals surface area contributed by atoms with Gasteiger partial charge in [0, 0.05) is 25.4 Å². The summed E-state index contributed by atoms with van der Waals surface area (Å²) in [4.78, 5) is 0. The minimum Gasteiger partial charge on any atom is -0.389 e. The van der Waals surface area contributed by atoms with Crippen molar-refractivity contribution in [3.63, 3.8) is 0 Å². The molecule has 1 N–H and O–H groups in total. The molecule has 0 amide bonds. The summed E-state index contributed by atoms with van der Waals surface area (Å²) in [6.07, 6.45) is 3.00. The summed E-state index contributed by atoms with van der Waals surface area (Å²) in [6.45, 7) is 3.28. The van der Waals surface area contributed by atoms with Gasteiger partial charge in [-0.25, -0.2) is 0 Å². The number of hydrogen-bond acceptors (Lipinski definition) is 5. The van der Waals surface area contributed by atoms with Crippen molar-refractivity contribution in [2.24, 2.45) is 5.92 Å². The maximum Gasteiger partial charge on any atom is 0.0773 e. The first-order valence-electron chi connectivity index (χ1n) is 4.77. The van der Waals surface area contributed by atoms with E-state index in [2.05, 4.69) is 8.75 Å². The van der Waals surface area contributed by atoms with Crippen LogP contribution < -0.4 is 0 Å². The first kappa shape index (κ1) is 10.0. The zero-order chi connectivity index (χ0) is 10.0. The molecule has 4 nitrogen and oxygen atoms in total. The molecule has 1 aromatic heterocycles. The fraction of sp³-hybridized carbons (Fsp3) is 0.778. The second-order valence-electron chi connectivity index (χ2n) is 3.91. The minimum atomic E-state index is -0.659. The van der Waals surface area contributed by atoms with Crippen molar-refractivity contribution in [2.75, 3.05) is 13.2 Å². The second-order valence-corrected chi connectivity index (χ2v) is 4.46. The van der Waals surface area contributed by atoms with Crippen molar-refractivity contribution < 1.29 is 9.84 Å². The predicted octanol–water partition coefficient (Wildman–Crippen LogP) is 0.868. The van der Waals surface area contributed by atoms with Gasteiger partial charge in [-0.15, -0.1) is 0 Å². The smallest absolute Gasteiger partial charge is 0.0773 e. The first-order valence-corrected chi connectivity index (χ1v) is 5.50. The van der Waals surface area contributed by atoms with Gasteiger partial charge in [0.2, 0.25) is 0 Å². The van der Waals surface area contributed by atoms with Crippen molar-refractivity contribution in [2.45, 2.75) is 25.4 Å². The average Bonchev–Trinajstić information content (AvgIpc) is 2.63. The summed E-state index contributed by atoms with van der Waals surface area (Å²) in [7, 11) is 0. The fourth-order valence-electron chi connectivity index (χ4n) is 1.75. The van der Waals surface area contributed by atoms with Gasteiger partial charge in [-0.3, -0.25) is 0 Å². The quantitative estimate of drug-likeness (QED) is 0.793. The van der Waals surface area contributed by atoms with E-state index in [9.17, 15) is 5.11 Å². The van der Waals surface area contributed by atoms with E-state index in [1.165, 1.54) is 11.7 Å². The Morgan fingerprint density at radius 1 is 1.79 bits per heavy atom. The summed E-state index contributed by atoms with van der Waals surface area (Å²) in [5.41, 5.74) is 0.222. The molecule has 0 aliphatic carbocycles. The van der Waals surface area contributed by atoms with E-state index in [0.29, 0.717) is 26.1 Å². The largest absolute Gasteiger partial charge is 0.389 e. The van der Waals surface area contributed by atoms with Crippen molar-refractivity contribution >= 4 is 11.7 Å². The van der Waals surface area contributed by atoms with Crippen LogP contribution in [0, 0.1) is 5.92 Å². The Labute approximate surface area is 87.2 Å². The Hall–Kier alpha value is -0.520. The van der Waals surface area contributed by atoms with E-state index in [1.807, 2.05) is 6.92 Å². The number of ether oxygens (including phenoxy) is 1. The maximum absolute atomic E-state index is 10.4. The molecule has 5 heteroatoms. The monoisotopic (exact) mass is 214 g/mol. The van der Waals surface area contributed by atoms with Gasteiger partial charge in [0.15, 0.2) is 0 Å². The lowest BCUT2D eigenvalue weighted by molar-refractivity contribution is -0.105. The summed E-state index contributed by atoms with van der Waals surface area (Å²) < 4.78 is 13.4. The highest BCUT2D eigenvalue weighted by Crippen LogP contribution is 2.29. The van der Waals surface area contributed by atoms with E-state index >= 15 is 0 Å². The van der Waals surface area contributed by atoms with Gasteiger partial charge in [0.25, 0.3) is 0 Å². The third-order valence-corrected chi connectivity index (χ3v) is 3.37. The zero-order valence-electron chi connectivity index (χ0n) is 8.14. The third kappa shape index (κ3) is 1.94. The fourth-order valence-corrected chi connectivity index (χ4v) is 2.18. The van der Waals surface area contributed by atoms with Crippen LogP contribution in [0.4, 0.5) is 0 Å². The van der Waals surface area contributed by atoms with Gasteiger partial charge in [-0.1, -0.05) is 6.92 Å². The van der Waals surface area contributed by atoms with Gasteiger partial charge >= 0.3 is 0 Å². The molecular formula is C9H14N2O2S. The molecule has 0 radical (unpaired) electrons. The Morgan fingerprint density at radius 3 is 3.29 bits per heavy atom. The Balaban J connectivity index is 2.07. The van der Waals surface area contributed by atoms with Gasteiger partial charge in [-0.05, 0) is 0 Å². The van der Waals surface area contributed by atoms with Gasteiger partial charge in [0.05, 0.1) is 35.8 Å². The highest BCUT2D eigenvalue weighted by Gasteiger charge is 2.37. The molecule has 78 valence electrons. The van der Waals surface area contributed by atoms with E-state index in [0.717, 1.165) is 5.69 Å². The lowest BCUT2D eigenvalue weighted by Gasteiger charge is -2.37. The number of nitrogens with zero attached hydrogens (tertiary/aromatic N) is 2. The van der Waals surface area contributed by atoms with Crippen LogP contribution in [0.2, 0.25) is 0 Å².